The van der Waals surface area contributed by atoms with Crippen LogP contribution < -0.4 is 0 Å². The number of hydroxylamine groups is 1. The van der Waals surface area contributed by atoms with Crippen molar-refractivity contribution in [2.24, 2.45) is 0 Å². The molecule has 0 aliphatic carbocycles. The molecule has 0 saturated carbocycles. The number of nitrogens with zero attached hydrogens (tertiary/aromatic N) is 2. The van der Waals surface area contributed by atoms with Gasteiger partial charge in [-0.25, -0.2) is 8.42 Å². The fourth-order valence-corrected chi connectivity index (χ4v) is 3.94. The highest BCUT2D eigenvalue weighted by Gasteiger charge is 2.23. The molecule has 0 saturated heterocycles. The minimum Gasteiger partial charge on any atom is -0.335 e. The van der Waals surface area contributed by atoms with Gasteiger partial charge in [0.25, 0.3) is 15.9 Å². The maximum Gasteiger partial charge on any atom is 0.264 e. The molecule has 1 aliphatic rings. The van der Waals surface area contributed by atoms with Crippen molar-refractivity contribution in [3.63, 3.8) is 0 Å². The smallest absolute Gasteiger partial charge is 0.264 e. The molecule has 7 heteroatoms. The zero-order valence-corrected chi connectivity index (χ0v) is 16.1. The third-order valence-corrected chi connectivity index (χ3v) is 6.33. The van der Waals surface area contributed by atoms with E-state index in [2.05, 4.69) is 18.2 Å². The molecular weight excluding hydrogens is 364 g/mol. The molecule has 2 aromatic carbocycles. The van der Waals surface area contributed by atoms with Gasteiger partial charge in [-0.3, -0.25) is 9.63 Å². The summed E-state index contributed by atoms with van der Waals surface area (Å²) in [6.07, 6.45) is 2.87. The summed E-state index contributed by atoms with van der Waals surface area (Å²) < 4.78 is 25.2. The first-order valence-corrected chi connectivity index (χ1v) is 10.0. The lowest BCUT2D eigenvalue weighted by Gasteiger charge is -2.27. The van der Waals surface area contributed by atoms with Gasteiger partial charge in [-0.2, -0.15) is 0 Å². The Labute approximate surface area is 159 Å². The summed E-state index contributed by atoms with van der Waals surface area (Å²) in [6.45, 7) is 1.17. The molecule has 142 valence electrons. The lowest BCUT2D eigenvalue weighted by Crippen LogP contribution is -2.34. The normalized spacial score (nSPS) is 14.9. The van der Waals surface area contributed by atoms with Crippen molar-refractivity contribution in [2.75, 3.05) is 27.2 Å². The second-order valence-electron chi connectivity index (χ2n) is 6.22. The quantitative estimate of drug-likeness (QED) is 0.741. The molecule has 0 bridgehead atoms. The second-order valence-corrected chi connectivity index (χ2v) is 8.15. The van der Waals surface area contributed by atoms with E-state index in [9.17, 15) is 13.2 Å². The lowest BCUT2D eigenvalue weighted by molar-refractivity contribution is -0.0258. The highest BCUT2D eigenvalue weighted by atomic mass is 32.2. The highest BCUT2D eigenvalue weighted by Crippen LogP contribution is 2.23. The van der Waals surface area contributed by atoms with Crippen LogP contribution in [0.2, 0.25) is 0 Å². The number of benzene rings is 2. The van der Waals surface area contributed by atoms with Crippen LogP contribution >= 0.6 is 0 Å². The average Bonchev–Trinajstić information content (AvgIpc) is 2.73. The van der Waals surface area contributed by atoms with Gasteiger partial charge in [0.2, 0.25) is 0 Å². The average molecular weight is 386 g/mol. The van der Waals surface area contributed by atoms with E-state index in [1.54, 1.807) is 4.90 Å². The van der Waals surface area contributed by atoms with Crippen LogP contribution in [0.5, 0.6) is 0 Å². The Balaban J connectivity index is 1.71. The van der Waals surface area contributed by atoms with E-state index < -0.39 is 10.0 Å². The Hall–Kier alpha value is -2.48. The maximum atomic E-state index is 12.7. The number of carbonyl (C=O) groups excluding carboxylic acids is 1. The number of sulfonamides is 1. The molecule has 0 spiro atoms. The summed E-state index contributed by atoms with van der Waals surface area (Å²) >= 11 is 0. The van der Waals surface area contributed by atoms with Gasteiger partial charge in [-0.05, 0) is 41.8 Å². The van der Waals surface area contributed by atoms with Crippen molar-refractivity contribution in [1.29, 1.82) is 0 Å². The van der Waals surface area contributed by atoms with Gasteiger partial charge < -0.3 is 4.90 Å². The predicted octanol–water partition coefficient (Wildman–Crippen LogP) is 2.80. The number of hydrogen-bond donors (Lipinski definition) is 0. The van der Waals surface area contributed by atoms with E-state index >= 15 is 0 Å². The number of rotatable bonds is 5. The molecule has 1 amide bonds. The summed E-state index contributed by atoms with van der Waals surface area (Å²) in [5, 5.41) is 0. The van der Waals surface area contributed by atoms with Crippen LogP contribution in [-0.2, 0) is 14.9 Å². The van der Waals surface area contributed by atoms with Gasteiger partial charge in [-0.15, -0.1) is 0 Å². The molecule has 0 aromatic heterocycles. The van der Waals surface area contributed by atoms with E-state index in [1.165, 1.54) is 49.6 Å². The van der Waals surface area contributed by atoms with Crippen molar-refractivity contribution in [2.45, 2.75) is 11.3 Å². The van der Waals surface area contributed by atoms with Crippen LogP contribution in [0.4, 0.5) is 0 Å². The minimum absolute atomic E-state index is 0.0771. The molecule has 27 heavy (non-hydrogen) atoms. The van der Waals surface area contributed by atoms with Gasteiger partial charge in [0.05, 0.1) is 12.0 Å². The molecule has 6 nitrogen and oxygen atoms in total. The Kier molecular flexibility index (Phi) is 5.74. The van der Waals surface area contributed by atoms with Gasteiger partial charge >= 0.3 is 0 Å². The predicted molar refractivity (Wildman–Crippen MR) is 103 cm³/mol. The summed E-state index contributed by atoms with van der Waals surface area (Å²) in [7, 11) is -1.12. The second kappa shape index (κ2) is 8.04. The van der Waals surface area contributed by atoms with E-state index in [-0.39, 0.29) is 10.8 Å². The summed E-state index contributed by atoms with van der Waals surface area (Å²) in [6, 6.07) is 16.1. The summed E-state index contributed by atoms with van der Waals surface area (Å²) in [5.41, 5.74) is 2.88. The number of amides is 1. The van der Waals surface area contributed by atoms with Crippen molar-refractivity contribution < 1.29 is 18.0 Å². The Morgan fingerprint density at radius 3 is 2.30 bits per heavy atom. The first kappa shape index (κ1) is 19.3. The lowest BCUT2D eigenvalue weighted by atomic mass is 9.99. The zero-order chi connectivity index (χ0) is 19.4. The summed E-state index contributed by atoms with van der Waals surface area (Å²) in [5.74, 6) is -0.109. The molecule has 0 fully saturated rings. The molecule has 2 aromatic rings. The molecule has 3 rings (SSSR count). The molecule has 0 radical (unpaired) electrons. The largest absolute Gasteiger partial charge is 0.335 e. The third-order valence-electron chi connectivity index (χ3n) is 4.64. The zero-order valence-electron chi connectivity index (χ0n) is 15.3. The van der Waals surface area contributed by atoms with E-state index in [0.717, 1.165) is 10.9 Å². The Morgan fingerprint density at radius 1 is 1.07 bits per heavy atom. The van der Waals surface area contributed by atoms with Crippen LogP contribution in [-0.4, -0.2) is 50.9 Å². The van der Waals surface area contributed by atoms with Gasteiger partial charge in [-0.1, -0.05) is 40.9 Å². The number of hydrogen-bond acceptors (Lipinski definition) is 4. The van der Waals surface area contributed by atoms with Gasteiger partial charge in [0, 0.05) is 25.7 Å². The van der Waals surface area contributed by atoms with Crippen molar-refractivity contribution in [3.8, 4) is 0 Å². The van der Waals surface area contributed by atoms with Crippen LogP contribution in [0.25, 0.3) is 5.57 Å². The first-order chi connectivity index (χ1) is 12.9. The molecular formula is C20H22N2O4S. The van der Waals surface area contributed by atoms with Crippen molar-refractivity contribution >= 4 is 21.5 Å². The molecule has 0 unspecified atom stereocenters. The molecule has 1 heterocycles. The van der Waals surface area contributed by atoms with Crippen LogP contribution in [0.3, 0.4) is 0 Å². The van der Waals surface area contributed by atoms with Gasteiger partial charge in [0.1, 0.15) is 0 Å². The fourth-order valence-electron chi connectivity index (χ4n) is 2.97. The van der Waals surface area contributed by atoms with E-state index in [4.69, 9.17) is 4.84 Å². The van der Waals surface area contributed by atoms with E-state index in [1.807, 2.05) is 18.2 Å². The topological polar surface area (TPSA) is 66.9 Å². The summed E-state index contributed by atoms with van der Waals surface area (Å²) in [4.78, 5) is 19.3. The SMILES string of the molecule is CON(C)S(=O)(=O)c1ccc(C(=O)N2CC=C(c3ccccc3)CC2)cc1. The number of carbonyl (C=O) groups is 1. The van der Waals surface area contributed by atoms with Crippen LogP contribution in [0, 0.1) is 0 Å². The third kappa shape index (κ3) is 4.10. The molecule has 0 N–H and O–H groups in total. The van der Waals surface area contributed by atoms with Crippen molar-refractivity contribution in [3.05, 3.63) is 71.8 Å². The minimum atomic E-state index is -3.72. The first-order valence-electron chi connectivity index (χ1n) is 8.60. The fraction of sp³-hybridized carbons (Fsp3) is 0.250. The highest BCUT2D eigenvalue weighted by molar-refractivity contribution is 7.89. The molecule has 0 atom stereocenters. The molecule has 1 aliphatic heterocycles. The standard InChI is InChI=1S/C20H22N2O4S/c1-21(26-2)27(24,25)19-10-8-18(9-11-19)20(23)22-14-12-17(13-15-22)16-6-4-3-5-7-16/h3-12H,13-15H2,1-2H3. The van der Waals surface area contributed by atoms with E-state index in [0.29, 0.717) is 18.7 Å². The Morgan fingerprint density at radius 2 is 1.74 bits per heavy atom. The Bertz CT molecular complexity index is 938. The maximum absolute atomic E-state index is 12.7. The van der Waals surface area contributed by atoms with Crippen LogP contribution in [0.15, 0.2) is 65.6 Å². The van der Waals surface area contributed by atoms with Crippen molar-refractivity contribution in [1.82, 2.24) is 9.37 Å². The van der Waals surface area contributed by atoms with Gasteiger partial charge in [0.15, 0.2) is 0 Å². The monoisotopic (exact) mass is 386 g/mol. The van der Waals surface area contributed by atoms with Crippen LogP contribution in [0.1, 0.15) is 22.3 Å².